The number of fused-ring (bicyclic) bond motifs is 3. The van der Waals surface area contributed by atoms with Crippen molar-refractivity contribution in [3.63, 3.8) is 0 Å². The van der Waals surface area contributed by atoms with E-state index < -0.39 is 101 Å². The van der Waals surface area contributed by atoms with Gasteiger partial charge < -0.3 is 51.1 Å². The molecule has 7 N–H and O–H groups in total. The van der Waals surface area contributed by atoms with Gasteiger partial charge in [0, 0.05) is 85.9 Å². The van der Waals surface area contributed by atoms with Crippen molar-refractivity contribution >= 4 is 67.2 Å². The summed E-state index contributed by atoms with van der Waals surface area (Å²) in [5, 5.41) is 76.7. The van der Waals surface area contributed by atoms with Gasteiger partial charge in [0.2, 0.25) is 0 Å². The van der Waals surface area contributed by atoms with Crippen LogP contribution in [0.5, 0.6) is 5.75 Å². The highest BCUT2D eigenvalue weighted by Crippen LogP contribution is 2.43. The second-order valence-electron chi connectivity index (χ2n) is 22.3. The topological polar surface area (TPSA) is 243 Å². The molecule has 3 aliphatic rings. The molecule has 3 saturated heterocycles. The fraction of sp³-hybridized carbons (Fsp3) is 0.339. The Morgan fingerprint density at radius 3 is 1.50 bits per heavy atom. The Balaban J connectivity index is 0.837. The number of β-amino-alcohol motifs (C(OH)–C–C–N with tert-alkyl or cyclic N) is 3. The molecule has 19 nitrogen and oxygen atoms in total. The predicted octanol–water partition coefficient (Wildman–Crippen LogP) is 9.59. The second kappa shape index (κ2) is 22.6. The van der Waals surface area contributed by atoms with E-state index >= 15 is 30.7 Å². The Morgan fingerprint density at radius 1 is 0.534 bits per heavy atom. The van der Waals surface area contributed by atoms with Crippen molar-refractivity contribution in [3.8, 4) is 5.75 Å². The van der Waals surface area contributed by atoms with E-state index in [0.717, 1.165) is 36.4 Å². The number of halogens is 10. The molecule has 88 heavy (non-hydrogen) atoms. The minimum absolute atomic E-state index is 0.00120. The van der Waals surface area contributed by atoms with Crippen LogP contribution in [0.2, 0.25) is 0 Å². The molecular weight excluding hydrogens is 1170 g/mol. The summed E-state index contributed by atoms with van der Waals surface area (Å²) < 4.78 is 149. The number of rotatable bonds is 16. The molecule has 0 spiro atoms. The van der Waals surface area contributed by atoms with E-state index in [1.807, 2.05) is 4.90 Å². The zero-order chi connectivity index (χ0) is 62.3. The van der Waals surface area contributed by atoms with E-state index in [-0.39, 0.29) is 100 Å². The fourth-order valence-corrected chi connectivity index (χ4v) is 11.1. The van der Waals surface area contributed by atoms with Crippen molar-refractivity contribution in [1.82, 2.24) is 45.5 Å². The van der Waals surface area contributed by atoms with Crippen LogP contribution in [0.15, 0.2) is 85.3 Å². The van der Waals surface area contributed by atoms with Crippen LogP contribution in [-0.4, -0.2) is 124 Å². The van der Waals surface area contributed by atoms with Crippen LogP contribution in [0.1, 0.15) is 87.5 Å². The largest absolute Gasteiger partial charge is 0.508 e. The van der Waals surface area contributed by atoms with Crippen LogP contribution in [0.3, 0.4) is 0 Å². The molecule has 6 aromatic heterocycles. The Hall–Kier alpha value is -9.09. The Bertz CT molecular complexity index is 4180. The number of phenols is 1. The number of benzene rings is 3. The molecule has 2 atom stereocenters. The molecule has 29 heteroatoms. The third-order valence-electron chi connectivity index (χ3n) is 16.0. The van der Waals surface area contributed by atoms with Gasteiger partial charge >= 0.3 is 18.5 Å². The van der Waals surface area contributed by atoms with Gasteiger partial charge in [-0.3, -0.25) is 15.0 Å². The van der Waals surface area contributed by atoms with Gasteiger partial charge in [0.1, 0.15) is 11.6 Å². The van der Waals surface area contributed by atoms with Crippen molar-refractivity contribution in [2.45, 2.75) is 89.1 Å². The molecule has 3 aliphatic heterocycles. The summed E-state index contributed by atoms with van der Waals surface area (Å²) in [6.07, 6.45) is -13.6. The number of alkyl halides is 9. The number of aromatic nitrogens is 9. The van der Waals surface area contributed by atoms with Gasteiger partial charge in [0.25, 0.3) is 0 Å². The number of nitrogens with one attached hydrogen (secondary N) is 3. The number of hydrogen-bond acceptors (Lipinski definition) is 19. The number of aliphatic hydroxyl groups excluding tert-OH is 3. The van der Waals surface area contributed by atoms with Gasteiger partial charge in [0.15, 0.2) is 17.5 Å². The average molecular weight is 1230 g/mol. The number of hydrogen-bond donors (Lipinski definition) is 7. The lowest BCUT2D eigenvalue weighted by Crippen LogP contribution is -2.50. The summed E-state index contributed by atoms with van der Waals surface area (Å²) in [5.41, 5.74) is -2.47. The van der Waals surface area contributed by atoms with E-state index in [9.17, 15) is 33.6 Å². The molecule has 0 radical (unpaired) electrons. The van der Waals surface area contributed by atoms with Crippen molar-refractivity contribution in [2.24, 2.45) is 0 Å². The fourth-order valence-electron chi connectivity index (χ4n) is 11.1. The van der Waals surface area contributed by atoms with Crippen molar-refractivity contribution < 1.29 is 64.3 Å². The zero-order valence-corrected chi connectivity index (χ0v) is 46.8. The standard InChI is InChI=1S/C59H53F10N15O4/c1-27(31-5-4-6-33(9-31)57(61,62)63)74-55-43-13-35(83-23-38(86)24-83)19-71-52(43)48(77-80-55)15-40-46(59(67,68)69)10-32(11-47(40)60)28(2)75-56-44-14-36(84-25-39(87)26-84)20-72-53(44)49(78-81-56)16-41-45(58(64,65)66)7-30(8-50(41)88)17-73-54-42-12-34(82-21-37(85)22-82)18-70-51(42)29(3)76-79-54/h4-14,18-20,27-28,37-39,85-88H,15-17,21-26H2,1-3H3,(H,73,79)(H,74,80)(H,75,81)/t27-,28-/m1/s1. The van der Waals surface area contributed by atoms with Crippen LogP contribution in [0.25, 0.3) is 32.7 Å². The lowest BCUT2D eigenvalue weighted by molar-refractivity contribution is -0.139. The maximum atomic E-state index is 16.7. The van der Waals surface area contributed by atoms with E-state index in [0.29, 0.717) is 46.7 Å². The molecule has 458 valence electrons. The molecule has 0 bridgehead atoms. The smallest absolute Gasteiger partial charge is 0.416 e. The molecule has 12 rings (SSSR count). The molecule has 0 unspecified atom stereocenters. The van der Waals surface area contributed by atoms with Crippen LogP contribution in [-0.2, 0) is 37.9 Å². The number of aromatic hydroxyl groups is 1. The molecule has 3 aromatic carbocycles. The van der Waals surface area contributed by atoms with Gasteiger partial charge in [-0.05, 0) is 92.1 Å². The summed E-state index contributed by atoms with van der Waals surface area (Å²) >= 11 is 0. The van der Waals surface area contributed by atoms with E-state index in [1.165, 1.54) is 31.5 Å². The summed E-state index contributed by atoms with van der Waals surface area (Å²) in [6, 6.07) is 11.2. The number of aliphatic hydroxyl groups is 3. The number of pyridine rings is 3. The first-order chi connectivity index (χ1) is 41.7. The van der Waals surface area contributed by atoms with Crippen LogP contribution in [0, 0.1) is 12.7 Å². The average Bonchev–Trinajstić information content (AvgIpc) is 0.969. The number of anilines is 6. The minimum Gasteiger partial charge on any atom is -0.508 e. The molecule has 9 aromatic rings. The second-order valence-corrected chi connectivity index (χ2v) is 22.3. The van der Waals surface area contributed by atoms with Crippen LogP contribution in [0.4, 0.5) is 78.4 Å². The summed E-state index contributed by atoms with van der Waals surface area (Å²) in [5.74, 6) is -1.90. The van der Waals surface area contributed by atoms with Gasteiger partial charge in [-0.15, -0.1) is 15.3 Å². The third kappa shape index (κ3) is 11.8. The Labute approximate surface area is 493 Å². The zero-order valence-electron chi connectivity index (χ0n) is 46.8. The first-order valence-electron chi connectivity index (χ1n) is 27.7. The summed E-state index contributed by atoms with van der Waals surface area (Å²) in [4.78, 5) is 19.0. The normalized spacial score (nSPS) is 16.0. The van der Waals surface area contributed by atoms with Crippen molar-refractivity contribution in [2.75, 3.05) is 69.9 Å². The lowest BCUT2D eigenvalue weighted by Gasteiger charge is -2.37. The first kappa shape index (κ1) is 59.3. The van der Waals surface area contributed by atoms with E-state index in [2.05, 4.69) is 61.5 Å². The lowest BCUT2D eigenvalue weighted by atomic mass is 9.95. The predicted molar refractivity (Wildman–Crippen MR) is 304 cm³/mol. The monoisotopic (exact) mass is 1230 g/mol. The third-order valence-corrected chi connectivity index (χ3v) is 16.0. The maximum Gasteiger partial charge on any atom is 0.416 e. The molecule has 0 aliphatic carbocycles. The first-order valence-corrected chi connectivity index (χ1v) is 27.7. The van der Waals surface area contributed by atoms with Crippen molar-refractivity contribution in [1.29, 1.82) is 0 Å². The highest BCUT2D eigenvalue weighted by Gasteiger charge is 2.39. The Morgan fingerprint density at radius 2 is 1.00 bits per heavy atom. The summed E-state index contributed by atoms with van der Waals surface area (Å²) in [7, 11) is 0. The van der Waals surface area contributed by atoms with Crippen molar-refractivity contribution in [3.05, 3.63) is 153 Å². The highest BCUT2D eigenvalue weighted by atomic mass is 19.4. The molecule has 0 amide bonds. The molecular formula is C59H53F10N15O4. The van der Waals surface area contributed by atoms with Gasteiger partial charge in [-0.1, -0.05) is 12.1 Å². The van der Waals surface area contributed by atoms with Crippen LogP contribution < -0.4 is 30.7 Å². The van der Waals surface area contributed by atoms with E-state index in [4.69, 9.17) is 0 Å². The van der Waals surface area contributed by atoms with Crippen LogP contribution >= 0.6 is 0 Å². The van der Waals surface area contributed by atoms with E-state index in [1.54, 1.807) is 48.0 Å². The quantitative estimate of drug-likeness (QED) is 0.0445. The highest BCUT2D eigenvalue weighted by molar-refractivity contribution is 5.95. The number of aryl methyl sites for hydroxylation is 1. The number of phenolic OH excluding ortho intramolecular Hbond substituents is 1. The Kier molecular flexibility index (Phi) is 15.2. The summed E-state index contributed by atoms with van der Waals surface area (Å²) in [6.45, 7) is 6.13. The molecule has 9 heterocycles. The molecule has 0 saturated carbocycles. The molecule has 3 fully saturated rings. The minimum atomic E-state index is -5.16. The number of nitrogens with zero attached hydrogens (tertiary/aromatic N) is 12. The maximum absolute atomic E-state index is 16.7. The van der Waals surface area contributed by atoms with Gasteiger partial charge in [-0.2, -0.15) is 54.8 Å². The SMILES string of the molecule is Cc1nnc(NCc2cc(O)c(Cc3nnc(N[C@H](C)c4cc(F)c(Cc5nnc(N[C@H](C)c6cccc(C(F)(F)F)c6)c6cc(N7CC(O)C7)cnc56)c(C(F)(F)F)c4)c4cc(N5CC(O)C5)cnc34)c(C(F)(F)F)c2)c2cc(N3CC(O)C3)cnc12. The van der Waals surface area contributed by atoms with Gasteiger partial charge in [0.05, 0.1) is 116 Å². The van der Waals surface area contributed by atoms with Gasteiger partial charge in [-0.25, -0.2) is 4.39 Å².